The molecule has 1 fully saturated rings. The highest BCUT2D eigenvalue weighted by Crippen LogP contribution is 2.26. The van der Waals surface area contributed by atoms with Crippen molar-refractivity contribution >= 4 is 10.9 Å². The van der Waals surface area contributed by atoms with Crippen LogP contribution in [0.1, 0.15) is 11.1 Å². The van der Waals surface area contributed by atoms with Crippen molar-refractivity contribution in [2.45, 2.75) is 13.5 Å². The summed E-state index contributed by atoms with van der Waals surface area (Å²) < 4.78 is 5.29. The number of fused-ring (bicyclic) bond motifs is 1. The third-order valence-corrected chi connectivity index (χ3v) is 3.72. The number of nitrogens with one attached hydrogen (secondary N) is 1. The maximum atomic E-state index is 12.1. The van der Waals surface area contributed by atoms with Gasteiger partial charge in [-0.2, -0.15) is 0 Å². The zero-order chi connectivity index (χ0) is 14.1. The number of nitrogens with zero attached hydrogens (tertiary/aromatic N) is 1. The maximum Gasteiger partial charge on any atom is 0.256 e. The molecule has 1 aliphatic heterocycles. The number of ether oxygens (including phenoxy) is 1. The number of morpholine rings is 1. The van der Waals surface area contributed by atoms with Crippen LogP contribution in [0.2, 0.25) is 0 Å². The average Bonchev–Trinajstić information content (AvgIpc) is 2.46. The monoisotopic (exact) mass is 274 g/mol. The van der Waals surface area contributed by atoms with E-state index in [9.17, 15) is 9.90 Å². The fourth-order valence-corrected chi connectivity index (χ4v) is 2.56. The molecular formula is C15H18N2O3. The highest BCUT2D eigenvalue weighted by atomic mass is 16.5. The van der Waals surface area contributed by atoms with Crippen molar-refractivity contribution in [3.05, 3.63) is 39.7 Å². The van der Waals surface area contributed by atoms with Gasteiger partial charge in [-0.25, -0.2) is 0 Å². The molecule has 5 heteroatoms. The van der Waals surface area contributed by atoms with Crippen LogP contribution in [0.3, 0.4) is 0 Å². The number of aromatic nitrogens is 1. The van der Waals surface area contributed by atoms with Gasteiger partial charge < -0.3 is 14.8 Å². The predicted octanol–water partition coefficient (Wildman–Crippen LogP) is 1.37. The van der Waals surface area contributed by atoms with E-state index < -0.39 is 0 Å². The summed E-state index contributed by atoms with van der Waals surface area (Å²) >= 11 is 0. The number of benzene rings is 1. The lowest BCUT2D eigenvalue weighted by Gasteiger charge is -2.26. The zero-order valence-corrected chi connectivity index (χ0v) is 11.5. The second-order valence-electron chi connectivity index (χ2n) is 5.22. The van der Waals surface area contributed by atoms with Gasteiger partial charge in [-0.05, 0) is 19.1 Å². The molecule has 0 radical (unpaired) electrons. The van der Waals surface area contributed by atoms with Gasteiger partial charge in [0.15, 0.2) is 0 Å². The van der Waals surface area contributed by atoms with Gasteiger partial charge in [-0.1, -0.05) is 11.6 Å². The third kappa shape index (κ3) is 2.42. The van der Waals surface area contributed by atoms with Gasteiger partial charge in [-0.15, -0.1) is 0 Å². The number of H-pyrrole nitrogens is 1. The topological polar surface area (TPSA) is 65.6 Å². The Hall–Kier alpha value is -1.85. The lowest BCUT2D eigenvalue weighted by Crippen LogP contribution is -2.37. The zero-order valence-electron chi connectivity index (χ0n) is 11.5. The Balaban J connectivity index is 2.03. The molecule has 0 saturated carbocycles. The van der Waals surface area contributed by atoms with Gasteiger partial charge in [-0.3, -0.25) is 9.69 Å². The number of aromatic amines is 1. The molecule has 0 bridgehead atoms. The molecule has 1 aromatic heterocycles. The van der Waals surface area contributed by atoms with Crippen LogP contribution < -0.4 is 5.56 Å². The van der Waals surface area contributed by atoms with Crippen LogP contribution in [-0.2, 0) is 11.3 Å². The number of aryl methyl sites for hydroxylation is 1. The van der Waals surface area contributed by atoms with Crippen LogP contribution in [0.15, 0.2) is 23.0 Å². The van der Waals surface area contributed by atoms with E-state index in [0.29, 0.717) is 36.2 Å². The predicted molar refractivity (Wildman–Crippen MR) is 77.1 cm³/mol. The molecule has 1 aromatic carbocycles. The molecule has 2 heterocycles. The lowest BCUT2D eigenvalue weighted by molar-refractivity contribution is 0.0337. The van der Waals surface area contributed by atoms with Crippen molar-refractivity contribution in [3.63, 3.8) is 0 Å². The molecule has 106 valence electrons. The Labute approximate surface area is 116 Å². The fourth-order valence-electron chi connectivity index (χ4n) is 2.56. The minimum atomic E-state index is -0.217. The first kappa shape index (κ1) is 13.1. The highest BCUT2D eigenvalue weighted by Gasteiger charge is 2.17. The summed E-state index contributed by atoms with van der Waals surface area (Å²) in [6.07, 6.45) is 0. The third-order valence-electron chi connectivity index (χ3n) is 3.72. The Morgan fingerprint density at radius 2 is 2.10 bits per heavy atom. The molecule has 1 aliphatic rings. The van der Waals surface area contributed by atoms with Crippen LogP contribution in [0.5, 0.6) is 5.75 Å². The molecule has 0 aliphatic carbocycles. The minimum absolute atomic E-state index is 0.0962. The minimum Gasteiger partial charge on any atom is -0.507 e. The van der Waals surface area contributed by atoms with E-state index in [1.54, 1.807) is 0 Å². The van der Waals surface area contributed by atoms with E-state index in [-0.39, 0.29) is 11.3 Å². The van der Waals surface area contributed by atoms with Crippen molar-refractivity contribution < 1.29 is 9.84 Å². The number of pyridine rings is 1. The largest absolute Gasteiger partial charge is 0.507 e. The standard InChI is InChI=1S/C15H18N2O3/c1-10-2-3-13-11(8-10)14(18)12(15(19)16-13)9-17-4-6-20-7-5-17/h2-3,8H,4-7,9H2,1H3,(H2,16,18,19). The molecule has 0 unspecified atom stereocenters. The van der Waals surface area contributed by atoms with Crippen molar-refractivity contribution in [2.75, 3.05) is 26.3 Å². The molecular weight excluding hydrogens is 256 g/mol. The molecule has 0 spiro atoms. The van der Waals surface area contributed by atoms with Crippen molar-refractivity contribution in [2.24, 2.45) is 0 Å². The van der Waals surface area contributed by atoms with Crippen LogP contribution >= 0.6 is 0 Å². The van der Waals surface area contributed by atoms with Crippen molar-refractivity contribution in [1.82, 2.24) is 9.88 Å². The Bertz CT molecular complexity index is 687. The van der Waals surface area contributed by atoms with Crippen molar-refractivity contribution in [3.8, 4) is 5.75 Å². The normalized spacial score (nSPS) is 16.6. The molecule has 2 N–H and O–H groups in total. The summed E-state index contributed by atoms with van der Waals surface area (Å²) in [6.45, 7) is 5.33. The van der Waals surface area contributed by atoms with Crippen molar-refractivity contribution in [1.29, 1.82) is 0 Å². The average molecular weight is 274 g/mol. The van der Waals surface area contributed by atoms with E-state index in [0.717, 1.165) is 18.7 Å². The van der Waals surface area contributed by atoms with Crippen LogP contribution in [0.4, 0.5) is 0 Å². The lowest BCUT2D eigenvalue weighted by atomic mass is 10.1. The number of hydrogen-bond donors (Lipinski definition) is 2. The Morgan fingerprint density at radius 1 is 1.35 bits per heavy atom. The molecule has 5 nitrogen and oxygen atoms in total. The molecule has 0 atom stereocenters. The first-order valence-electron chi connectivity index (χ1n) is 6.80. The number of aromatic hydroxyl groups is 1. The summed E-state index contributed by atoms with van der Waals surface area (Å²) in [7, 11) is 0. The molecule has 2 aromatic rings. The summed E-state index contributed by atoms with van der Waals surface area (Å²) in [5.41, 5.74) is 1.94. The Morgan fingerprint density at radius 3 is 2.85 bits per heavy atom. The van der Waals surface area contributed by atoms with Gasteiger partial charge >= 0.3 is 0 Å². The smallest absolute Gasteiger partial charge is 0.256 e. The van der Waals surface area contributed by atoms with E-state index in [4.69, 9.17) is 4.74 Å². The van der Waals surface area contributed by atoms with E-state index >= 15 is 0 Å². The molecule has 1 saturated heterocycles. The van der Waals surface area contributed by atoms with Gasteiger partial charge in [0.25, 0.3) is 5.56 Å². The van der Waals surface area contributed by atoms with Crippen LogP contribution in [0, 0.1) is 6.92 Å². The number of hydrogen-bond acceptors (Lipinski definition) is 4. The SMILES string of the molecule is Cc1ccc2[nH]c(=O)c(CN3CCOCC3)c(O)c2c1. The first-order chi connectivity index (χ1) is 9.65. The maximum absolute atomic E-state index is 12.1. The van der Waals surface area contributed by atoms with Gasteiger partial charge in [0.05, 0.1) is 24.3 Å². The van der Waals surface area contributed by atoms with E-state index in [2.05, 4.69) is 9.88 Å². The summed E-state index contributed by atoms with van der Waals surface area (Å²) in [6, 6.07) is 5.63. The molecule has 20 heavy (non-hydrogen) atoms. The van der Waals surface area contributed by atoms with E-state index in [1.165, 1.54) is 0 Å². The van der Waals surface area contributed by atoms with Gasteiger partial charge in [0.2, 0.25) is 0 Å². The Kier molecular flexibility index (Phi) is 3.46. The van der Waals surface area contributed by atoms with Gasteiger partial charge in [0.1, 0.15) is 5.75 Å². The van der Waals surface area contributed by atoms with Gasteiger partial charge in [0, 0.05) is 25.0 Å². The highest BCUT2D eigenvalue weighted by molar-refractivity contribution is 5.86. The second kappa shape index (κ2) is 5.26. The summed E-state index contributed by atoms with van der Waals surface area (Å²) in [5.74, 6) is 0.0962. The first-order valence-corrected chi connectivity index (χ1v) is 6.80. The summed E-state index contributed by atoms with van der Waals surface area (Å²) in [4.78, 5) is 17.1. The van der Waals surface area contributed by atoms with Crippen LogP contribution in [-0.4, -0.2) is 41.3 Å². The van der Waals surface area contributed by atoms with Crippen LogP contribution in [0.25, 0.3) is 10.9 Å². The second-order valence-corrected chi connectivity index (χ2v) is 5.22. The number of rotatable bonds is 2. The van der Waals surface area contributed by atoms with E-state index in [1.807, 2.05) is 25.1 Å². The quantitative estimate of drug-likeness (QED) is 0.868. The summed E-state index contributed by atoms with van der Waals surface area (Å²) in [5, 5.41) is 11.1. The molecule has 3 rings (SSSR count). The fraction of sp³-hybridized carbons (Fsp3) is 0.400. The molecule has 0 amide bonds.